The fourth-order valence-corrected chi connectivity index (χ4v) is 3.61. The number of nitrogens with zero attached hydrogens (tertiary/aromatic N) is 2. The van der Waals surface area contributed by atoms with E-state index in [1.807, 2.05) is 12.1 Å². The van der Waals surface area contributed by atoms with Gasteiger partial charge in [0.05, 0.1) is 11.7 Å². The summed E-state index contributed by atoms with van der Waals surface area (Å²) >= 11 is 0. The molecule has 4 nitrogen and oxygen atoms in total. The first-order valence-electron chi connectivity index (χ1n) is 7.70. The number of pyridine rings is 1. The first kappa shape index (κ1) is 13.8. The minimum atomic E-state index is -0.471. The molecule has 1 aliphatic carbocycles. The summed E-state index contributed by atoms with van der Waals surface area (Å²) in [6.45, 7) is 3.52. The van der Waals surface area contributed by atoms with Gasteiger partial charge in [0.2, 0.25) is 0 Å². The van der Waals surface area contributed by atoms with Crippen molar-refractivity contribution in [1.82, 2.24) is 4.98 Å². The number of fused-ring (bicyclic) bond motifs is 1. The van der Waals surface area contributed by atoms with Crippen molar-refractivity contribution >= 4 is 5.82 Å². The highest BCUT2D eigenvalue weighted by atomic mass is 16.3. The average Bonchev–Trinajstić information content (AvgIpc) is 2.46. The summed E-state index contributed by atoms with van der Waals surface area (Å²) < 4.78 is 0. The molecule has 1 saturated heterocycles. The van der Waals surface area contributed by atoms with E-state index in [1.165, 1.54) is 6.42 Å². The summed E-state index contributed by atoms with van der Waals surface area (Å²) in [5, 5.41) is 20.2. The lowest BCUT2D eigenvalue weighted by Gasteiger charge is -2.47. The summed E-state index contributed by atoms with van der Waals surface area (Å²) in [6, 6.07) is 3.92. The van der Waals surface area contributed by atoms with Crippen LogP contribution in [0.25, 0.3) is 0 Å². The van der Waals surface area contributed by atoms with Crippen molar-refractivity contribution in [2.45, 2.75) is 50.7 Å². The van der Waals surface area contributed by atoms with Gasteiger partial charge in [-0.25, -0.2) is 4.98 Å². The van der Waals surface area contributed by atoms with Crippen LogP contribution in [0.3, 0.4) is 0 Å². The van der Waals surface area contributed by atoms with Crippen LogP contribution in [0.2, 0.25) is 0 Å². The summed E-state index contributed by atoms with van der Waals surface area (Å²) in [7, 11) is 0. The van der Waals surface area contributed by atoms with Gasteiger partial charge in [0.1, 0.15) is 5.82 Å². The van der Waals surface area contributed by atoms with Gasteiger partial charge in [0.15, 0.2) is 0 Å². The van der Waals surface area contributed by atoms with Crippen molar-refractivity contribution < 1.29 is 10.2 Å². The molecule has 1 aliphatic heterocycles. The second-order valence-corrected chi connectivity index (χ2v) is 6.37. The summed E-state index contributed by atoms with van der Waals surface area (Å²) in [6.07, 6.45) is 6.60. The molecule has 2 aliphatic rings. The van der Waals surface area contributed by atoms with Crippen LogP contribution in [0.4, 0.5) is 5.82 Å². The van der Waals surface area contributed by atoms with Crippen molar-refractivity contribution in [3.63, 3.8) is 0 Å². The van der Waals surface area contributed by atoms with Crippen LogP contribution >= 0.6 is 0 Å². The van der Waals surface area contributed by atoms with Crippen molar-refractivity contribution in [1.29, 1.82) is 0 Å². The van der Waals surface area contributed by atoms with E-state index in [1.54, 1.807) is 13.1 Å². The van der Waals surface area contributed by atoms with E-state index in [0.717, 1.165) is 50.2 Å². The Kier molecular flexibility index (Phi) is 3.69. The topological polar surface area (TPSA) is 56.6 Å². The van der Waals surface area contributed by atoms with Crippen LogP contribution in [0.1, 0.15) is 50.7 Å². The molecule has 2 fully saturated rings. The van der Waals surface area contributed by atoms with E-state index < -0.39 is 11.7 Å². The van der Waals surface area contributed by atoms with Crippen molar-refractivity contribution in [3.8, 4) is 0 Å². The molecule has 2 N–H and O–H groups in total. The van der Waals surface area contributed by atoms with Gasteiger partial charge in [0.25, 0.3) is 0 Å². The largest absolute Gasteiger partial charge is 0.389 e. The van der Waals surface area contributed by atoms with E-state index in [0.29, 0.717) is 5.92 Å². The molecule has 0 aromatic carbocycles. The van der Waals surface area contributed by atoms with Crippen LogP contribution in [0, 0.1) is 5.92 Å². The predicted molar refractivity (Wildman–Crippen MR) is 78.6 cm³/mol. The molecule has 1 aromatic heterocycles. The van der Waals surface area contributed by atoms with Crippen LogP contribution < -0.4 is 4.90 Å². The first-order chi connectivity index (χ1) is 9.58. The molecule has 4 heteroatoms. The van der Waals surface area contributed by atoms with Gasteiger partial charge in [-0.05, 0) is 37.8 Å². The highest BCUT2D eigenvalue weighted by Crippen LogP contribution is 2.40. The number of hydrogen-bond acceptors (Lipinski definition) is 4. The SMILES string of the molecule is CC(O)c1ccc(N2CCC3(O)CCCCC3C2)nc1. The maximum atomic E-state index is 10.7. The molecule has 0 amide bonds. The molecule has 110 valence electrons. The second kappa shape index (κ2) is 5.34. The zero-order chi connectivity index (χ0) is 14.2. The minimum Gasteiger partial charge on any atom is -0.389 e. The lowest BCUT2D eigenvalue weighted by atomic mass is 9.71. The Labute approximate surface area is 120 Å². The third kappa shape index (κ3) is 2.54. The molecule has 3 atom stereocenters. The second-order valence-electron chi connectivity index (χ2n) is 6.37. The number of aliphatic hydroxyl groups excluding tert-OH is 1. The molecule has 3 rings (SSSR count). The Hall–Kier alpha value is -1.13. The zero-order valence-electron chi connectivity index (χ0n) is 12.1. The minimum absolute atomic E-state index is 0.378. The van der Waals surface area contributed by atoms with E-state index in [2.05, 4.69) is 9.88 Å². The van der Waals surface area contributed by atoms with Crippen LogP contribution in [-0.4, -0.2) is 33.9 Å². The molecule has 1 saturated carbocycles. The first-order valence-corrected chi connectivity index (χ1v) is 7.70. The van der Waals surface area contributed by atoms with Gasteiger partial charge >= 0.3 is 0 Å². The standard InChI is InChI=1S/C16H24N2O2/c1-12(19)13-5-6-15(17-10-13)18-9-8-16(20)7-3-2-4-14(16)11-18/h5-6,10,12,14,19-20H,2-4,7-9,11H2,1H3. The summed E-state index contributed by atoms with van der Waals surface area (Å²) in [5.74, 6) is 1.34. The Morgan fingerprint density at radius 3 is 2.90 bits per heavy atom. The summed E-state index contributed by atoms with van der Waals surface area (Å²) in [4.78, 5) is 6.74. The molecule has 0 radical (unpaired) electrons. The zero-order valence-corrected chi connectivity index (χ0v) is 12.1. The molecule has 20 heavy (non-hydrogen) atoms. The maximum absolute atomic E-state index is 10.7. The van der Waals surface area contributed by atoms with E-state index >= 15 is 0 Å². The number of anilines is 1. The molecular weight excluding hydrogens is 252 g/mol. The number of hydrogen-bond donors (Lipinski definition) is 2. The quantitative estimate of drug-likeness (QED) is 0.870. The molecule has 0 bridgehead atoms. The third-order valence-corrected chi connectivity index (χ3v) is 5.00. The molecule has 1 aromatic rings. The lowest BCUT2D eigenvalue weighted by Crippen LogP contribution is -2.53. The maximum Gasteiger partial charge on any atom is 0.128 e. The van der Waals surface area contributed by atoms with E-state index in [4.69, 9.17) is 0 Å². The molecule has 3 unspecified atom stereocenters. The van der Waals surface area contributed by atoms with Gasteiger partial charge in [-0.2, -0.15) is 0 Å². The van der Waals surface area contributed by atoms with E-state index in [-0.39, 0.29) is 0 Å². The Morgan fingerprint density at radius 2 is 2.20 bits per heavy atom. The number of piperidine rings is 1. The summed E-state index contributed by atoms with van der Waals surface area (Å²) in [5.41, 5.74) is 0.411. The number of aliphatic hydroxyl groups is 2. The average molecular weight is 276 g/mol. The Balaban J connectivity index is 1.72. The van der Waals surface area contributed by atoms with Crippen molar-refractivity contribution in [2.24, 2.45) is 5.92 Å². The highest BCUT2D eigenvalue weighted by molar-refractivity contribution is 5.40. The number of rotatable bonds is 2. The van der Waals surface area contributed by atoms with Crippen LogP contribution in [-0.2, 0) is 0 Å². The van der Waals surface area contributed by atoms with Gasteiger partial charge in [-0.1, -0.05) is 18.9 Å². The third-order valence-electron chi connectivity index (χ3n) is 5.00. The van der Waals surface area contributed by atoms with Crippen molar-refractivity contribution in [3.05, 3.63) is 23.9 Å². The van der Waals surface area contributed by atoms with Crippen LogP contribution in [0.5, 0.6) is 0 Å². The molecular formula is C16H24N2O2. The van der Waals surface area contributed by atoms with Crippen molar-refractivity contribution in [2.75, 3.05) is 18.0 Å². The van der Waals surface area contributed by atoms with E-state index in [9.17, 15) is 10.2 Å². The normalized spacial score (nSPS) is 31.8. The number of aromatic nitrogens is 1. The Bertz CT molecular complexity index is 460. The molecule has 2 heterocycles. The predicted octanol–water partition coefficient (Wildman–Crippen LogP) is 2.27. The van der Waals surface area contributed by atoms with Gasteiger partial charge in [0, 0.05) is 25.2 Å². The molecule has 0 spiro atoms. The fourth-order valence-electron chi connectivity index (χ4n) is 3.61. The van der Waals surface area contributed by atoms with Gasteiger partial charge in [-0.3, -0.25) is 0 Å². The van der Waals surface area contributed by atoms with Crippen LogP contribution in [0.15, 0.2) is 18.3 Å². The highest BCUT2D eigenvalue weighted by Gasteiger charge is 2.42. The fraction of sp³-hybridized carbons (Fsp3) is 0.688. The van der Waals surface area contributed by atoms with Gasteiger partial charge < -0.3 is 15.1 Å². The monoisotopic (exact) mass is 276 g/mol. The van der Waals surface area contributed by atoms with Gasteiger partial charge in [-0.15, -0.1) is 0 Å². The Morgan fingerprint density at radius 1 is 1.35 bits per heavy atom. The lowest BCUT2D eigenvalue weighted by molar-refractivity contribution is -0.0613. The smallest absolute Gasteiger partial charge is 0.128 e.